The first-order valence-electron chi connectivity index (χ1n) is 7.54. The number of benzene rings is 1. The predicted octanol–water partition coefficient (Wildman–Crippen LogP) is 3.51. The number of nitrogens with zero attached hydrogens (tertiary/aromatic N) is 4. The number of hydrogen-bond donors (Lipinski definition) is 1. The van der Waals surface area contributed by atoms with Crippen LogP contribution in [-0.4, -0.2) is 22.9 Å². The number of halogens is 1. The Bertz CT molecular complexity index is 900. The molecular weight excluding hydrogens is 333 g/mol. The Hall–Kier alpha value is -3.79. The van der Waals surface area contributed by atoms with Crippen molar-refractivity contribution in [1.82, 2.24) is 9.97 Å². The van der Waals surface area contributed by atoms with E-state index in [0.29, 0.717) is 11.4 Å². The molecule has 2 rings (SSSR count). The highest BCUT2D eigenvalue weighted by Crippen LogP contribution is 2.28. The summed E-state index contributed by atoms with van der Waals surface area (Å²) in [5.41, 5.74) is 1.60. The zero-order valence-electron chi connectivity index (χ0n) is 14.1. The number of aromatic nitrogens is 2. The van der Waals surface area contributed by atoms with E-state index in [4.69, 9.17) is 5.26 Å². The van der Waals surface area contributed by atoms with E-state index in [9.17, 15) is 9.18 Å². The molecule has 2 aromatic rings. The Morgan fingerprint density at radius 2 is 2.00 bits per heavy atom. The molecule has 0 fully saturated rings. The fourth-order valence-electron chi connectivity index (χ4n) is 1.99. The first kappa shape index (κ1) is 18.5. The minimum Gasteiger partial charge on any atom is -0.340 e. The summed E-state index contributed by atoms with van der Waals surface area (Å²) in [5, 5.41) is 11.2. The Labute approximate surface area is 150 Å². The first-order chi connectivity index (χ1) is 12.5. The zero-order chi connectivity index (χ0) is 18.9. The van der Waals surface area contributed by atoms with Crippen molar-refractivity contribution in [3.8, 4) is 6.07 Å². The zero-order valence-corrected chi connectivity index (χ0v) is 14.1. The first-order valence-corrected chi connectivity index (χ1v) is 7.54. The summed E-state index contributed by atoms with van der Waals surface area (Å²) in [6.45, 7) is 3.49. The molecule has 0 unspecified atom stereocenters. The molecule has 1 N–H and O–H groups in total. The summed E-state index contributed by atoms with van der Waals surface area (Å²) in [6, 6.07) is 6.11. The van der Waals surface area contributed by atoms with Gasteiger partial charge in [-0.2, -0.15) is 5.26 Å². The molecule has 0 aliphatic carbocycles. The van der Waals surface area contributed by atoms with Crippen LogP contribution in [0.2, 0.25) is 0 Å². The van der Waals surface area contributed by atoms with Crippen molar-refractivity contribution in [2.24, 2.45) is 0 Å². The quantitative estimate of drug-likeness (QED) is 0.490. The third-order valence-corrected chi connectivity index (χ3v) is 3.31. The Morgan fingerprint density at radius 1 is 1.31 bits per heavy atom. The van der Waals surface area contributed by atoms with Gasteiger partial charge < -0.3 is 10.2 Å². The van der Waals surface area contributed by atoms with E-state index in [1.807, 2.05) is 6.07 Å². The van der Waals surface area contributed by atoms with Gasteiger partial charge in [0, 0.05) is 24.4 Å². The second-order valence-corrected chi connectivity index (χ2v) is 5.17. The Balaban J connectivity index is 2.11. The number of carbonyl (C=O) groups excluding carboxylic acids is 1. The molecular formula is C19H16FN5O. The fourth-order valence-corrected chi connectivity index (χ4v) is 1.99. The van der Waals surface area contributed by atoms with Crippen molar-refractivity contribution in [3.63, 3.8) is 0 Å². The molecule has 0 atom stereocenters. The van der Waals surface area contributed by atoms with Crippen LogP contribution in [0.5, 0.6) is 0 Å². The number of nitriles is 1. The van der Waals surface area contributed by atoms with Gasteiger partial charge in [0.15, 0.2) is 0 Å². The number of hydrogen-bond acceptors (Lipinski definition) is 5. The van der Waals surface area contributed by atoms with Crippen LogP contribution in [0, 0.1) is 17.1 Å². The molecule has 1 amide bonds. The van der Waals surface area contributed by atoms with Crippen molar-refractivity contribution < 1.29 is 9.18 Å². The lowest BCUT2D eigenvalue weighted by Crippen LogP contribution is -2.13. The highest BCUT2D eigenvalue weighted by molar-refractivity contribution is 5.99. The summed E-state index contributed by atoms with van der Waals surface area (Å²) in [6.07, 6.45) is 10.3. The van der Waals surface area contributed by atoms with Crippen LogP contribution in [0.15, 0.2) is 73.4 Å². The molecule has 0 radical (unpaired) electrons. The van der Waals surface area contributed by atoms with Gasteiger partial charge in [0.25, 0.3) is 0 Å². The van der Waals surface area contributed by atoms with Gasteiger partial charge in [-0.25, -0.2) is 14.4 Å². The summed E-state index contributed by atoms with van der Waals surface area (Å²) >= 11 is 0. The van der Waals surface area contributed by atoms with Crippen molar-refractivity contribution in [2.75, 3.05) is 17.3 Å². The summed E-state index contributed by atoms with van der Waals surface area (Å²) < 4.78 is 14.1. The van der Waals surface area contributed by atoms with Gasteiger partial charge >= 0.3 is 0 Å². The molecule has 0 spiro atoms. The van der Waals surface area contributed by atoms with Gasteiger partial charge in [0.05, 0.1) is 29.8 Å². The van der Waals surface area contributed by atoms with Crippen molar-refractivity contribution in [1.29, 1.82) is 5.26 Å². The number of amides is 1. The van der Waals surface area contributed by atoms with Gasteiger partial charge in [-0.3, -0.25) is 4.79 Å². The summed E-state index contributed by atoms with van der Waals surface area (Å²) in [7, 11) is 1.68. The van der Waals surface area contributed by atoms with Crippen LogP contribution in [0.4, 0.5) is 21.5 Å². The standard InChI is InChI=1S/C19H16FN5O/c1-14(10-21)5-3-4-6-19(26)24-15-7-8-17(20)18(9-15)25(2)16-11-22-13-23-12-16/h3-9,11-13H,1H2,2H3,(H,24,26). The third-order valence-electron chi connectivity index (χ3n) is 3.31. The number of carbonyl (C=O) groups is 1. The molecule has 1 aromatic carbocycles. The Morgan fingerprint density at radius 3 is 2.69 bits per heavy atom. The molecule has 1 heterocycles. The number of rotatable bonds is 6. The van der Waals surface area contributed by atoms with E-state index in [-0.39, 0.29) is 17.2 Å². The molecule has 130 valence electrons. The number of allylic oxidation sites excluding steroid dienone is 4. The van der Waals surface area contributed by atoms with E-state index in [0.717, 1.165) is 0 Å². The lowest BCUT2D eigenvalue weighted by molar-refractivity contribution is -0.111. The SMILES string of the molecule is C=C(C#N)C=CC=CC(=O)Nc1ccc(F)c(N(C)c2cncnc2)c1. The summed E-state index contributed by atoms with van der Waals surface area (Å²) in [4.78, 5) is 21.3. The maximum absolute atomic E-state index is 14.1. The molecule has 7 heteroatoms. The highest BCUT2D eigenvalue weighted by Gasteiger charge is 2.11. The molecule has 0 saturated heterocycles. The molecule has 6 nitrogen and oxygen atoms in total. The lowest BCUT2D eigenvalue weighted by atomic mass is 10.2. The average molecular weight is 349 g/mol. The molecule has 0 aliphatic heterocycles. The van der Waals surface area contributed by atoms with E-state index >= 15 is 0 Å². The van der Waals surface area contributed by atoms with Crippen molar-refractivity contribution in [2.45, 2.75) is 0 Å². The minimum absolute atomic E-state index is 0.270. The maximum atomic E-state index is 14.1. The molecule has 0 bridgehead atoms. The third kappa shape index (κ3) is 5.11. The predicted molar refractivity (Wildman–Crippen MR) is 98.2 cm³/mol. The van der Waals surface area contributed by atoms with Gasteiger partial charge in [-0.1, -0.05) is 18.7 Å². The van der Waals surface area contributed by atoms with Gasteiger partial charge in [-0.15, -0.1) is 0 Å². The van der Waals surface area contributed by atoms with E-state index in [2.05, 4.69) is 21.9 Å². The molecule has 26 heavy (non-hydrogen) atoms. The topological polar surface area (TPSA) is 81.9 Å². The average Bonchev–Trinajstić information content (AvgIpc) is 2.66. The van der Waals surface area contributed by atoms with Crippen LogP contribution in [-0.2, 0) is 4.79 Å². The van der Waals surface area contributed by atoms with Crippen LogP contribution < -0.4 is 10.2 Å². The van der Waals surface area contributed by atoms with E-state index in [1.54, 1.807) is 24.3 Å². The normalized spacial score (nSPS) is 10.7. The summed E-state index contributed by atoms with van der Waals surface area (Å²) in [5.74, 6) is -0.830. The second-order valence-electron chi connectivity index (χ2n) is 5.17. The van der Waals surface area contributed by atoms with Gasteiger partial charge in [0.1, 0.15) is 12.1 Å². The minimum atomic E-state index is -0.442. The second kappa shape index (κ2) is 8.89. The Kier molecular flexibility index (Phi) is 6.34. The van der Waals surface area contributed by atoms with Gasteiger partial charge in [-0.05, 0) is 24.3 Å². The fraction of sp³-hybridized carbons (Fsp3) is 0.0526. The highest BCUT2D eigenvalue weighted by atomic mass is 19.1. The number of anilines is 3. The van der Waals surface area contributed by atoms with Crippen molar-refractivity contribution in [3.05, 3.63) is 79.2 Å². The molecule has 1 aromatic heterocycles. The van der Waals surface area contributed by atoms with E-state index < -0.39 is 5.82 Å². The monoisotopic (exact) mass is 349 g/mol. The van der Waals surface area contributed by atoms with Gasteiger partial charge in [0.2, 0.25) is 5.91 Å². The van der Waals surface area contributed by atoms with Crippen LogP contribution in [0.3, 0.4) is 0 Å². The van der Waals surface area contributed by atoms with Crippen LogP contribution in [0.25, 0.3) is 0 Å². The molecule has 0 saturated carbocycles. The smallest absolute Gasteiger partial charge is 0.248 e. The van der Waals surface area contributed by atoms with E-state index in [1.165, 1.54) is 48.8 Å². The largest absolute Gasteiger partial charge is 0.340 e. The lowest BCUT2D eigenvalue weighted by Gasteiger charge is -2.20. The maximum Gasteiger partial charge on any atom is 0.248 e. The molecule has 0 aliphatic rings. The number of nitrogens with one attached hydrogen (secondary N) is 1. The van der Waals surface area contributed by atoms with Crippen LogP contribution in [0.1, 0.15) is 0 Å². The van der Waals surface area contributed by atoms with Crippen LogP contribution >= 0.6 is 0 Å². The van der Waals surface area contributed by atoms with Crippen molar-refractivity contribution >= 4 is 23.0 Å².